The lowest BCUT2D eigenvalue weighted by Crippen LogP contribution is -2.10. The molecule has 5 nitrogen and oxygen atoms in total. The Labute approximate surface area is 83.9 Å². The zero-order valence-corrected chi connectivity index (χ0v) is 8.61. The highest BCUT2D eigenvalue weighted by Gasteiger charge is 2.09. The number of unbranched alkanes of at least 4 members (excludes halogenated alkanes) is 1. The largest absolute Gasteiger partial charge is 0.394 e. The van der Waals surface area contributed by atoms with E-state index in [1.807, 2.05) is 0 Å². The van der Waals surface area contributed by atoms with Crippen molar-refractivity contribution in [1.29, 1.82) is 0 Å². The van der Waals surface area contributed by atoms with E-state index in [9.17, 15) is 0 Å². The van der Waals surface area contributed by atoms with Crippen LogP contribution >= 0.6 is 0 Å². The zero-order valence-electron chi connectivity index (χ0n) is 8.61. The van der Waals surface area contributed by atoms with Crippen molar-refractivity contribution in [3.05, 3.63) is 11.4 Å². The van der Waals surface area contributed by atoms with E-state index in [-0.39, 0.29) is 6.61 Å². The van der Waals surface area contributed by atoms with Crippen LogP contribution in [0.2, 0.25) is 0 Å². The number of hydrogen-bond donors (Lipinski definition) is 2. The van der Waals surface area contributed by atoms with E-state index >= 15 is 0 Å². The fraction of sp³-hybridized carbons (Fsp3) is 0.778. The molecule has 0 bridgehead atoms. The van der Waals surface area contributed by atoms with Crippen molar-refractivity contribution in [2.24, 2.45) is 5.73 Å². The molecule has 0 atom stereocenters. The van der Waals surface area contributed by atoms with Crippen molar-refractivity contribution >= 4 is 0 Å². The van der Waals surface area contributed by atoms with Crippen LogP contribution in [0.4, 0.5) is 0 Å². The minimum Gasteiger partial charge on any atom is -0.394 e. The molecule has 1 aromatic rings. The standard InChI is InChI=1S/C9H18N4O/c1-2-3-4-9-8(7-10)11-12-13(9)5-6-14/h14H,2-7,10H2,1H3. The van der Waals surface area contributed by atoms with E-state index < -0.39 is 0 Å². The third-order valence-corrected chi connectivity index (χ3v) is 2.19. The fourth-order valence-electron chi connectivity index (χ4n) is 1.42. The Morgan fingerprint density at radius 3 is 2.86 bits per heavy atom. The first kappa shape index (κ1) is 11.1. The van der Waals surface area contributed by atoms with E-state index in [4.69, 9.17) is 10.8 Å². The lowest BCUT2D eigenvalue weighted by molar-refractivity contribution is 0.265. The van der Waals surface area contributed by atoms with Crippen molar-refractivity contribution < 1.29 is 5.11 Å². The van der Waals surface area contributed by atoms with Crippen LogP contribution in [0.1, 0.15) is 31.2 Å². The first-order valence-corrected chi connectivity index (χ1v) is 5.05. The van der Waals surface area contributed by atoms with Gasteiger partial charge in [-0.25, -0.2) is 4.68 Å². The second-order valence-electron chi connectivity index (χ2n) is 3.24. The number of hydrogen-bond acceptors (Lipinski definition) is 4. The number of nitrogens with zero attached hydrogens (tertiary/aromatic N) is 3. The molecule has 0 saturated carbocycles. The van der Waals surface area contributed by atoms with Gasteiger partial charge in [0, 0.05) is 6.54 Å². The Morgan fingerprint density at radius 2 is 2.29 bits per heavy atom. The highest BCUT2D eigenvalue weighted by atomic mass is 16.3. The number of aromatic nitrogens is 3. The molecule has 0 aliphatic heterocycles. The molecule has 0 aromatic carbocycles. The molecule has 0 saturated heterocycles. The quantitative estimate of drug-likeness (QED) is 0.678. The van der Waals surface area contributed by atoms with Gasteiger partial charge in [0.2, 0.25) is 0 Å². The summed E-state index contributed by atoms with van der Waals surface area (Å²) in [4.78, 5) is 0. The Balaban J connectivity index is 2.76. The van der Waals surface area contributed by atoms with Crippen molar-refractivity contribution in [2.45, 2.75) is 39.3 Å². The van der Waals surface area contributed by atoms with Crippen LogP contribution < -0.4 is 5.73 Å². The lowest BCUT2D eigenvalue weighted by Gasteiger charge is -2.04. The van der Waals surface area contributed by atoms with Gasteiger partial charge in [0.25, 0.3) is 0 Å². The third-order valence-electron chi connectivity index (χ3n) is 2.19. The van der Waals surface area contributed by atoms with Crippen LogP contribution in [0.25, 0.3) is 0 Å². The number of aliphatic hydroxyl groups excluding tert-OH is 1. The summed E-state index contributed by atoms with van der Waals surface area (Å²) in [6.07, 6.45) is 3.18. The molecule has 0 spiro atoms. The molecule has 0 aliphatic rings. The summed E-state index contributed by atoms with van der Waals surface area (Å²) in [5.41, 5.74) is 7.48. The summed E-state index contributed by atoms with van der Waals surface area (Å²) in [5.74, 6) is 0. The summed E-state index contributed by atoms with van der Waals surface area (Å²) < 4.78 is 1.75. The molecule has 80 valence electrons. The first-order valence-electron chi connectivity index (χ1n) is 5.05. The first-order chi connectivity index (χ1) is 6.83. The van der Waals surface area contributed by atoms with E-state index in [1.165, 1.54) is 0 Å². The Bertz CT molecular complexity index is 272. The second-order valence-corrected chi connectivity index (χ2v) is 3.24. The van der Waals surface area contributed by atoms with E-state index in [2.05, 4.69) is 17.2 Å². The van der Waals surface area contributed by atoms with Crippen LogP contribution in [-0.2, 0) is 19.5 Å². The summed E-state index contributed by atoms with van der Waals surface area (Å²) in [6.45, 7) is 3.16. The maximum Gasteiger partial charge on any atom is 0.0994 e. The van der Waals surface area contributed by atoms with Crippen LogP contribution in [0.3, 0.4) is 0 Å². The summed E-state index contributed by atoms with van der Waals surface area (Å²) >= 11 is 0. The van der Waals surface area contributed by atoms with Crippen LogP contribution in [0, 0.1) is 0 Å². The van der Waals surface area contributed by atoms with Gasteiger partial charge in [0.15, 0.2) is 0 Å². The lowest BCUT2D eigenvalue weighted by atomic mass is 10.1. The van der Waals surface area contributed by atoms with Gasteiger partial charge in [-0.3, -0.25) is 0 Å². The van der Waals surface area contributed by atoms with Gasteiger partial charge in [-0.2, -0.15) is 0 Å². The molecular weight excluding hydrogens is 180 g/mol. The topological polar surface area (TPSA) is 77.0 Å². The van der Waals surface area contributed by atoms with Crippen LogP contribution in [-0.4, -0.2) is 26.7 Å². The summed E-state index contributed by atoms with van der Waals surface area (Å²) in [6, 6.07) is 0. The minimum atomic E-state index is 0.0898. The molecule has 3 N–H and O–H groups in total. The van der Waals surface area contributed by atoms with Gasteiger partial charge in [0.05, 0.1) is 24.5 Å². The highest BCUT2D eigenvalue weighted by molar-refractivity contribution is 5.09. The van der Waals surface area contributed by atoms with Gasteiger partial charge < -0.3 is 10.8 Å². The molecule has 14 heavy (non-hydrogen) atoms. The zero-order chi connectivity index (χ0) is 10.4. The second kappa shape index (κ2) is 5.72. The predicted octanol–water partition coefficient (Wildman–Crippen LogP) is 0.0717. The SMILES string of the molecule is CCCCc1c(CN)nnn1CCO. The van der Waals surface area contributed by atoms with E-state index in [1.54, 1.807) is 4.68 Å². The minimum absolute atomic E-state index is 0.0898. The molecule has 5 heteroatoms. The van der Waals surface area contributed by atoms with Crippen LogP contribution in [0.5, 0.6) is 0 Å². The average molecular weight is 198 g/mol. The van der Waals surface area contributed by atoms with Crippen molar-refractivity contribution in [1.82, 2.24) is 15.0 Å². The molecule has 0 aliphatic carbocycles. The molecule has 0 amide bonds. The van der Waals surface area contributed by atoms with Gasteiger partial charge >= 0.3 is 0 Å². The van der Waals surface area contributed by atoms with E-state index in [0.717, 1.165) is 30.7 Å². The molecule has 1 aromatic heterocycles. The third kappa shape index (κ3) is 2.52. The molecule has 1 heterocycles. The molecule has 0 fully saturated rings. The number of aliphatic hydroxyl groups is 1. The maximum absolute atomic E-state index is 8.83. The van der Waals surface area contributed by atoms with Gasteiger partial charge in [-0.15, -0.1) is 5.10 Å². The summed E-state index contributed by atoms with van der Waals surface area (Å²) in [7, 11) is 0. The smallest absolute Gasteiger partial charge is 0.0994 e. The molecule has 0 unspecified atom stereocenters. The Hall–Kier alpha value is -0.940. The molecular formula is C9H18N4O. The fourth-order valence-corrected chi connectivity index (χ4v) is 1.42. The number of nitrogens with two attached hydrogens (primary N) is 1. The van der Waals surface area contributed by atoms with Gasteiger partial charge in [-0.1, -0.05) is 18.6 Å². The Kier molecular flexibility index (Phi) is 4.55. The highest BCUT2D eigenvalue weighted by Crippen LogP contribution is 2.08. The van der Waals surface area contributed by atoms with Crippen molar-refractivity contribution in [2.75, 3.05) is 6.61 Å². The van der Waals surface area contributed by atoms with Crippen molar-refractivity contribution in [3.8, 4) is 0 Å². The molecule has 1 rings (SSSR count). The number of rotatable bonds is 6. The van der Waals surface area contributed by atoms with E-state index in [0.29, 0.717) is 13.1 Å². The predicted molar refractivity (Wildman–Crippen MR) is 53.6 cm³/mol. The normalized spacial score (nSPS) is 10.8. The monoisotopic (exact) mass is 198 g/mol. The average Bonchev–Trinajstić information content (AvgIpc) is 2.58. The van der Waals surface area contributed by atoms with Crippen molar-refractivity contribution in [3.63, 3.8) is 0 Å². The maximum atomic E-state index is 8.83. The molecule has 0 radical (unpaired) electrons. The van der Waals surface area contributed by atoms with Gasteiger partial charge in [0.1, 0.15) is 0 Å². The van der Waals surface area contributed by atoms with Crippen LogP contribution in [0.15, 0.2) is 0 Å². The van der Waals surface area contributed by atoms with Gasteiger partial charge in [-0.05, 0) is 12.8 Å². The summed E-state index contributed by atoms with van der Waals surface area (Å²) in [5, 5.41) is 16.8. The Morgan fingerprint density at radius 1 is 1.50 bits per heavy atom.